The minimum absolute atomic E-state index is 0.375. The number of fused-ring (bicyclic) bond motifs is 1. The summed E-state index contributed by atoms with van der Waals surface area (Å²) in [7, 11) is 0. The fraction of sp³-hybridized carbons (Fsp3) is 0.333. The number of aromatic nitrogens is 2. The highest BCUT2D eigenvalue weighted by Gasteiger charge is 2.33. The smallest absolute Gasteiger partial charge is 0.347 e. The van der Waals surface area contributed by atoms with Gasteiger partial charge in [0.1, 0.15) is 4.88 Å². The summed E-state index contributed by atoms with van der Waals surface area (Å²) in [5, 5.41) is 9.40. The summed E-state index contributed by atoms with van der Waals surface area (Å²) in [6.07, 6.45) is 4.13. The van der Waals surface area contributed by atoms with Gasteiger partial charge in [0.2, 0.25) is 0 Å². The number of rotatable bonds is 4. The minimum atomic E-state index is -0.842. The largest absolute Gasteiger partial charge is 0.477 e. The predicted octanol–water partition coefficient (Wildman–Crippen LogP) is 4.76. The molecule has 0 atom stereocenters. The molecule has 0 spiro atoms. The molecule has 1 saturated carbocycles. The fourth-order valence-electron chi connectivity index (χ4n) is 2.93. The molecule has 2 heterocycles. The molecular formula is C18H18N2O2S. The van der Waals surface area contributed by atoms with E-state index in [0.29, 0.717) is 16.7 Å². The van der Waals surface area contributed by atoms with Crippen LogP contribution in [0.4, 0.5) is 0 Å². The van der Waals surface area contributed by atoms with Gasteiger partial charge in [-0.1, -0.05) is 49.4 Å². The molecule has 0 amide bonds. The van der Waals surface area contributed by atoms with E-state index >= 15 is 0 Å². The van der Waals surface area contributed by atoms with Crippen LogP contribution in [0.25, 0.3) is 16.2 Å². The summed E-state index contributed by atoms with van der Waals surface area (Å²) < 4.78 is 1.98. The zero-order valence-corrected chi connectivity index (χ0v) is 13.9. The van der Waals surface area contributed by atoms with E-state index < -0.39 is 5.97 Å². The number of hydrogen-bond donors (Lipinski definition) is 1. The number of hydrogen-bond acceptors (Lipinski definition) is 3. The van der Waals surface area contributed by atoms with Crippen molar-refractivity contribution in [2.24, 2.45) is 0 Å². The number of carboxylic acid groups (broad SMARTS) is 1. The van der Waals surface area contributed by atoms with Crippen LogP contribution in [-0.4, -0.2) is 20.5 Å². The lowest BCUT2D eigenvalue weighted by atomic mass is 10.0. The average molecular weight is 326 g/mol. The van der Waals surface area contributed by atoms with Crippen LogP contribution in [0.3, 0.4) is 0 Å². The quantitative estimate of drug-likeness (QED) is 0.752. The van der Waals surface area contributed by atoms with Gasteiger partial charge < -0.3 is 5.11 Å². The van der Waals surface area contributed by atoms with Crippen molar-refractivity contribution in [2.75, 3.05) is 0 Å². The second kappa shape index (κ2) is 5.20. The van der Waals surface area contributed by atoms with Crippen LogP contribution in [0.2, 0.25) is 0 Å². The highest BCUT2D eigenvalue weighted by Crippen LogP contribution is 2.44. The molecule has 1 N–H and O–H groups in total. The highest BCUT2D eigenvalue weighted by molar-refractivity contribution is 7.19. The van der Waals surface area contributed by atoms with Crippen LogP contribution in [0.15, 0.2) is 30.5 Å². The Labute approximate surface area is 138 Å². The predicted molar refractivity (Wildman–Crippen MR) is 91.5 cm³/mol. The first-order valence-electron chi connectivity index (χ1n) is 7.90. The fourth-order valence-corrected chi connectivity index (χ4v) is 3.96. The van der Waals surface area contributed by atoms with Gasteiger partial charge in [0.25, 0.3) is 0 Å². The van der Waals surface area contributed by atoms with E-state index in [9.17, 15) is 9.90 Å². The summed E-state index contributed by atoms with van der Waals surface area (Å²) in [6.45, 7) is 4.36. The number of thiazole rings is 1. The Bertz CT molecular complexity index is 886. The van der Waals surface area contributed by atoms with Crippen LogP contribution in [0.1, 0.15) is 59.5 Å². The Balaban J connectivity index is 1.78. The lowest BCUT2D eigenvalue weighted by molar-refractivity contribution is 0.0700. The van der Waals surface area contributed by atoms with Gasteiger partial charge in [-0.15, -0.1) is 0 Å². The van der Waals surface area contributed by atoms with Crippen LogP contribution in [0.5, 0.6) is 0 Å². The molecule has 1 fully saturated rings. The summed E-state index contributed by atoms with van der Waals surface area (Å²) in [5.41, 5.74) is 4.21. The molecule has 1 aromatic carbocycles. The Morgan fingerprint density at radius 2 is 2.00 bits per heavy atom. The van der Waals surface area contributed by atoms with Crippen molar-refractivity contribution >= 4 is 22.3 Å². The van der Waals surface area contributed by atoms with E-state index in [-0.39, 0.29) is 0 Å². The molecule has 0 unspecified atom stereocenters. The first-order valence-corrected chi connectivity index (χ1v) is 8.71. The van der Waals surface area contributed by atoms with Gasteiger partial charge in [-0.25, -0.2) is 9.78 Å². The second-order valence-corrected chi connectivity index (χ2v) is 7.43. The number of nitrogens with zero attached hydrogens (tertiary/aromatic N) is 2. The number of aromatic carboxylic acids is 1. The highest BCUT2D eigenvalue weighted by atomic mass is 32.1. The maximum Gasteiger partial charge on any atom is 0.347 e. The molecule has 4 rings (SSSR count). The van der Waals surface area contributed by atoms with Crippen LogP contribution >= 0.6 is 11.3 Å². The molecule has 1 aliphatic carbocycles. The molecule has 1 aliphatic rings. The maximum atomic E-state index is 11.4. The molecule has 3 aromatic rings. The van der Waals surface area contributed by atoms with Crippen molar-refractivity contribution in [3.8, 4) is 11.3 Å². The van der Waals surface area contributed by atoms with Crippen LogP contribution in [0, 0.1) is 0 Å². The van der Waals surface area contributed by atoms with Crippen molar-refractivity contribution < 1.29 is 9.90 Å². The van der Waals surface area contributed by atoms with Gasteiger partial charge in [-0.2, -0.15) is 0 Å². The minimum Gasteiger partial charge on any atom is -0.477 e. The third kappa shape index (κ3) is 2.45. The van der Waals surface area contributed by atoms with Gasteiger partial charge in [0.05, 0.1) is 11.4 Å². The normalized spacial score (nSPS) is 14.7. The van der Waals surface area contributed by atoms with Crippen molar-refractivity contribution in [2.45, 2.75) is 38.5 Å². The third-order valence-corrected chi connectivity index (χ3v) is 5.45. The van der Waals surface area contributed by atoms with E-state index in [0.717, 1.165) is 34.8 Å². The lowest BCUT2D eigenvalue weighted by Crippen LogP contribution is -1.99. The molecular weight excluding hydrogens is 308 g/mol. The van der Waals surface area contributed by atoms with E-state index in [2.05, 4.69) is 43.1 Å². The molecule has 0 aliphatic heterocycles. The Morgan fingerprint density at radius 3 is 2.57 bits per heavy atom. The van der Waals surface area contributed by atoms with Crippen molar-refractivity contribution in [1.82, 2.24) is 9.38 Å². The maximum absolute atomic E-state index is 11.4. The topological polar surface area (TPSA) is 54.6 Å². The summed E-state index contributed by atoms with van der Waals surface area (Å²) >= 11 is 1.28. The third-order valence-electron chi connectivity index (χ3n) is 4.39. The molecule has 5 heteroatoms. The number of imidazole rings is 1. The Kier molecular flexibility index (Phi) is 3.27. The van der Waals surface area contributed by atoms with Gasteiger partial charge in [0.15, 0.2) is 4.96 Å². The molecule has 2 aromatic heterocycles. The molecule has 0 saturated heterocycles. The summed E-state index contributed by atoms with van der Waals surface area (Å²) in [4.78, 5) is 17.3. The van der Waals surface area contributed by atoms with Crippen molar-refractivity contribution in [3.63, 3.8) is 0 Å². The monoisotopic (exact) mass is 326 g/mol. The zero-order chi connectivity index (χ0) is 16.1. The van der Waals surface area contributed by atoms with Crippen molar-refractivity contribution in [1.29, 1.82) is 0 Å². The Morgan fingerprint density at radius 1 is 1.30 bits per heavy atom. The van der Waals surface area contributed by atoms with E-state index in [4.69, 9.17) is 0 Å². The molecule has 118 valence electrons. The second-order valence-electron chi connectivity index (χ2n) is 6.45. The van der Waals surface area contributed by atoms with Crippen molar-refractivity contribution in [3.05, 3.63) is 46.6 Å². The van der Waals surface area contributed by atoms with Gasteiger partial charge in [0, 0.05) is 17.7 Å². The molecule has 0 radical (unpaired) electrons. The van der Waals surface area contributed by atoms with E-state index in [1.165, 1.54) is 16.9 Å². The van der Waals surface area contributed by atoms with Gasteiger partial charge >= 0.3 is 5.97 Å². The number of carbonyl (C=O) groups is 1. The molecule has 0 bridgehead atoms. The Hall–Kier alpha value is -2.14. The van der Waals surface area contributed by atoms with E-state index in [1.54, 1.807) is 0 Å². The zero-order valence-electron chi connectivity index (χ0n) is 13.1. The van der Waals surface area contributed by atoms with Gasteiger partial charge in [-0.3, -0.25) is 4.40 Å². The standard InChI is InChI=1S/C18H18N2O2S/c1-10(2)11-3-5-12(6-4-11)14-9-20-15(13-7-8-13)16(17(21)22)23-18(20)19-14/h3-6,9-10,13H,7-8H2,1-2H3,(H,21,22). The first-order chi connectivity index (χ1) is 11.0. The molecule has 23 heavy (non-hydrogen) atoms. The van der Waals surface area contributed by atoms with E-state index in [1.807, 2.05) is 10.6 Å². The number of benzene rings is 1. The van der Waals surface area contributed by atoms with Crippen LogP contribution in [-0.2, 0) is 0 Å². The number of carboxylic acids is 1. The van der Waals surface area contributed by atoms with Gasteiger partial charge in [-0.05, 0) is 24.3 Å². The SMILES string of the molecule is CC(C)c1ccc(-c2cn3c(C4CC4)c(C(=O)O)sc3n2)cc1. The lowest BCUT2D eigenvalue weighted by Gasteiger charge is -2.05. The average Bonchev–Trinajstić information content (AvgIpc) is 3.16. The molecule has 4 nitrogen and oxygen atoms in total. The first kappa shape index (κ1) is 14.5. The summed E-state index contributed by atoms with van der Waals surface area (Å²) in [5.74, 6) is 0.0413. The van der Waals surface area contributed by atoms with Crippen LogP contribution < -0.4 is 0 Å². The summed E-state index contributed by atoms with van der Waals surface area (Å²) in [6, 6.07) is 8.46.